The Labute approximate surface area is 395 Å². The average molecular weight is 918 g/mol. The van der Waals surface area contributed by atoms with E-state index in [9.17, 15) is 35.1 Å². The first kappa shape index (κ1) is 60.4. The highest BCUT2D eigenvalue weighted by molar-refractivity contribution is 5.80. The molecule has 0 radical (unpaired) electrons. The molecule has 11 nitrogen and oxygen atoms in total. The number of esters is 1. The van der Waals surface area contributed by atoms with E-state index in [2.05, 4.69) is 50.4 Å². The van der Waals surface area contributed by atoms with Crippen LogP contribution in [0, 0.1) is 0 Å². The van der Waals surface area contributed by atoms with Crippen molar-refractivity contribution in [3.05, 3.63) is 60.8 Å². The minimum atomic E-state index is -1.62. The normalized spacial score (nSPS) is 20.8. The number of amides is 1. The van der Waals surface area contributed by atoms with Crippen molar-refractivity contribution in [2.45, 2.75) is 256 Å². The van der Waals surface area contributed by atoms with Crippen molar-refractivity contribution in [1.82, 2.24) is 5.32 Å². The summed E-state index contributed by atoms with van der Waals surface area (Å²) in [5, 5.41) is 56.5. The number of aliphatic hydroxyl groups excluding tert-OH is 5. The molecule has 0 aromatic rings. The third-order valence-electron chi connectivity index (χ3n) is 12.0. The average Bonchev–Trinajstić information content (AvgIpc) is 3.30. The Morgan fingerprint density at radius 1 is 0.615 bits per heavy atom. The van der Waals surface area contributed by atoms with Crippen molar-refractivity contribution in [3.8, 4) is 0 Å². The van der Waals surface area contributed by atoms with Crippen molar-refractivity contribution < 1.29 is 49.3 Å². The highest BCUT2D eigenvalue weighted by atomic mass is 16.7. The largest absolute Gasteiger partial charge is 0.454 e. The molecule has 1 amide bonds. The summed E-state index contributed by atoms with van der Waals surface area (Å²) >= 11 is 0. The van der Waals surface area contributed by atoms with E-state index in [1.165, 1.54) is 70.6 Å². The highest BCUT2D eigenvalue weighted by Crippen LogP contribution is 2.26. The van der Waals surface area contributed by atoms with Gasteiger partial charge in [0.25, 0.3) is 0 Å². The summed E-state index contributed by atoms with van der Waals surface area (Å²) in [5.41, 5.74) is 0. The van der Waals surface area contributed by atoms with Gasteiger partial charge in [0.2, 0.25) is 5.91 Å². The number of hydrogen-bond acceptors (Lipinski definition) is 10. The second kappa shape index (κ2) is 42.7. The lowest BCUT2D eigenvalue weighted by Crippen LogP contribution is -2.61. The fourth-order valence-corrected chi connectivity index (χ4v) is 7.75. The summed E-state index contributed by atoms with van der Waals surface area (Å²) in [6.45, 7) is 5.55. The van der Waals surface area contributed by atoms with Gasteiger partial charge in [-0.25, -0.2) is 0 Å². The molecular weight excluding hydrogens is 823 g/mol. The summed E-state index contributed by atoms with van der Waals surface area (Å²) in [5.74, 6) is -1.23. The van der Waals surface area contributed by atoms with E-state index in [-0.39, 0.29) is 19.4 Å². The topological polar surface area (TPSA) is 175 Å². The fourth-order valence-electron chi connectivity index (χ4n) is 7.75. The third kappa shape index (κ3) is 31.9. The maximum Gasteiger partial charge on any atom is 0.306 e. The number of carbonyl (C=O) groups is 2. The van der Waals surface area contributed by atoms with Gasteiger partial charge >= 0.3 is 5.97 Å². The Kier molecular flexibility index (Phi) is 39.7. The first-order valence-corrected chi connectivity index (χ1v) is 26.1. The summed E-state index contributed by atoms with van der Waals surface area (Å²) in [7, 11) is 0. The van der Waals surface area contributed by atoms with Crippen molar-refractivity contribution in [2.75, 3.05) is 13.2 Å². The Bertz CT molecular complexity index is 1280. The molecule has 0 aliphatic carbocycles. The molecule has 0 aromatic heterocycles. The predicted molar refractivity (Wildman–Crippen MR) is 264 cm³/mol. The van der Waals surface area contributed by atoms with Crippen LogP contribution in [0.4, 0.5) is 0 Å². The zero-order chi connectivity index (χ0) is 47.6. The van der Waals surface area contributed by atoms with E-state index in [0.717, 1.165) is 89.9 Å². The van der Waals surface area contributed by atoms with E-state index < -0.39 is 67.4 Å². The standard InChI is InChI=1S/C54H95NO10/c1-4-7-10-13-16-19-22-24-27-28-31-34-37-40-46(57)45(55-53(62)47(58)41-38-35-32-29-26-23-20-17-14-11-8-5-2)44-63-54-52(51(61)50(60)48(43-56)64-54)65-49(59)42-39-36-33-30-25-21-18-15-12-9-6-3/h8,11,14-15,17-18,20,23,37,40,45-48,50-52,54,56-58,60-61H,4-7,9-10,12-13,16,19,21-22,24-36,38-39,41-44H2,1-3H3,(H,55,62)/b11-8+,17-14+,18-15-,23-20-,40-37+. The lowest BCUT2D eigenvalue weighted by Gasteiger charge is -2.41. The minimum Gasteiger partial charge on any atom is -0.454 e. The summed E-state index contributed by atoms with van der Waals surface area (Å²) in [6.07, 6.45) is 39.9. The van der Waals surface area contributed by atoms with Gasteiger partial charge in [-0.05, 0) is 64.2 Å². The van der Waals surface area contributed by atoms with E-state index in [1.807, 2.05) is 30.4 Å². The Hall–Kier alpha value is -2.64. The molecule has 1 heterocycles. The van der Waals surface area contributed by atoms with Gasteiger partial charge in [0, 0.05) is 6.42 Å². The number of nitrogens with one attached hydrogen (secondary N) is 1. The maximum atomic E-state index is 13.3. The SMILES string of the molecule is CC/C=C/C=C/C=C\CCCCCCC(O)C(=O)NC(COC1OC(CO)C(O)C(O)C1OC(=O)CCCCCCC/C=C\CCCC)C(O)/C=C/CCCCCCCCCCCCC. The van der Waals surface area contributed by atoms with Crippen LogP contribution in [0.15, 0.2) is 60.8 Å². The monoisotopic (exact) mass is 918 g/mol. The van der Waals surface area contributed by atoms with Crippen LogP contribution < -0.4 is 5.32 Å². The zero-order valence-corrected chi connectivity index (χ0v) is 41.1. The summed E-state index contributed by atoms with van der Waals surface area (Å²) in [6, 6.07) is -1.03. The quantitative estimate of drug-likeness (QED) is 0.0150. The molecule has 0 bridgehead atoms. The van der Waals surface area contributed by atoms with Gasteiger partial charge in [-0.2, -0.15) is 0 Å². The molecule has 1 saturated heterocycles. The van der Waals surface area contributed by atoms with Gasteiger partial charge in [-0.3, -0.25) is 9.59 Å². The van der Waals surface area contributed by atoms with E-state index in [0.29, 0.717) is 12.8 Å². The summed E-state index contributed by atoms with van der Waals surface area (Å²) < 4.78 is 17.5. The molecule has 0 saturated carbocycles. The predicted octanol–water partition coefficient (Wildman–Crippen LogP) is 10.7. The Morgan fingerprint density at radius 2 is 1.14 bits per heavy atom. The first-order valence-electron chi connectivity index (χ1n) is 26.1. The lowest BCUT2D eigenvalue weighted by atomic mass is 9.99. The Morgan fingerprint density at radius 3 is 1.74 bits per heavy atom. The second-order valence-electron chi connectivity index (χ2n) is 17.9. The number of hydrogen-bond donors (Lipinski definition) is 6. The zero-order valence-electron chi connectivity index (χ0n) is 41.1. The molecule has 1 aliphatic rings. The van der Waals surface area contributed by atoms with E-state index >= 15 is 0 Å². The van der Waals surface area contributed by atoms with Crippen LogP contribution in [0.2, 0.25) is 0 Å². The fraction of sp³-hybridized carbons (Fsp3) is 0.778. The van der Waals surface area contributed by atoms with E-state index in [1.54, 1.807) is 6.08 Å². The molecule has 1 rings (SSSR count). The van der Waals surface area contributed by atoms with E-state index in [4.69, 9.17) is 14.2 Å². The molecule has 8 atom stereocenters. The number of allylic oxidation sites excluding steroid dienone is 9. The van der Waals surface area contributed by atoms with Crippen molar-refractivity contribution in [1.29, 1.82) is 0 Å². The maximum absolute atomic E-state index is 13.3. The van der Waals surface area contributed by atoms with Crippen LogP contribution in [0.1, 0.15) is 207 Å². The van der Waals surface area contributed by atoms with Crippen molar-refractivity contribution >= 4 is 11.9 Å². The lowest BCUT2D eigenvalue weighted by molar-refractivity contribution is -0.305. The molecule has 1 aliphatic heterocycles. The molecule has 376 valence electrons. The second-order valence-corrected chi connectivity index (χ2v) is 17.9. The van der Waals surface area contributed by atoms with Gasteiger partial charge in [-0.1, -0.05) is 197 Å². The van der Waals surface area contributed by atoms with Crippen LogP contribution in [0.25, 0.3) is 0 Å². The molecule has 6 N–H and O–H groups in total. The van der Waals surface area contributed by atoms with Crippen molar-refractivity contribution in [3.63, 3.8) is 0 Å². The number of rotatable bonds is 42. The van der Waals surface area contributed by atoms with Gasteiger partial charge in [0.05, 0.1) is 25.4 Å². The van der Waals surface area contributed by atoms with Crippen LogP contribution in [0.5, 0.6) is 0 Å². The highest BCUT2D eigenvalue weighted by Gasteiger charge is 2.47. The molecule has 11 heteroatoms. The Balaban J connectivity index is 2.82. The van der Waals surface area contributed by atoms with Gasteiger partial charge in [0.1, 0.15) is 24.4 Å². The molecule has 1 fully saturated rings. The van der Waals surface area contributed by atoms with Crippen LogP contribution in [-0.4, -0.2) is 99.6 Å². The number of unbranched alkanes of at least 4 members (excludes halogenated alkanes) is 22. The van der Waals surface area contributed by atoms with Crippen LogP contribution in [-0.2, 0) is 23.8 Å². The molecule has 65 heavy (non-hydrogen) atoms. The molecule has 8 unspecified atom stereocenters. The third-order valence-corrected chi connectivity index (χ3v) is 12.0. The smallest absolute Gasteiger partial charge is 0.306 e. The number of ether oxygens (including phenoxy) is 3. The molecule has 0 spiro atoms. The minimum absolute atomic E-state index is 0.109. The molecule has 0 aromatic carbocycles. The van der Waals surface area contributed by atoms with Gasteiger partial charge in [0.15, 0.2) is 12.4 Å². The summed E-state index contributed by atoms with van der Waals surface area (Å²) in [4.78, 5) is 26.3. The van der Waals surface area contributed by atoms with Crippen LogP contribution in [0.3, 0.4) is 0 Å². The number of aliphatic hydroxyl groups is 5. The van der Waals surface area contributed by atoms with Crippen LogP contribution >= 0.6 is 0 Å². The van der Waals surface area contributed by atoms with Gasteiger partial charge < -0.3 is 45.1 Å². The molecular formula is C54H95NO10. The van der Waals surface area contributed by atoms with Crippen molar-refractivity contribution in [2.24, 2.45) is 0 Å². The number of carbonyl (C=O) groups excluding carboxylic acids is 2. The van der Waals surface area contributed by atoms with Gasteiger partial charge in [-0.15, -0.1) is 0 Å². The first-order chi connectivity index (χ1) is 31.7.